The Kier molecular flexibility index (Phi) is 2.12. The Morgan fingerprint density at radius 3 is 2.91 bits per heavy atom. The van der Waals surface area contributed by atoms with E-state index in [-0.39, 0.29) is 6.10 Å². The summed E-state index contributed by atoms with van der Waals surface area (Å²) >= 11 is 2.00. The van der Waals surface area contributed by atoms with Crippen LogP contribution in [-0.2, 0) is 4.74 Å². The van der Waals surface area contributed by atoms with E-state index in [2.05, 4.69) is 0 Å². The van der Waals surface area contributed by atoms with Crippen LogP contribution in [-0.4, -0.2) is 34.9 Å². The normalized spacial score (nSPS) is 49.6. The van der Waals surface area contributed by atoms with Crippen molar-refractivity contribution in [2.75, 3.05) is 7.11 Å². The van der Waals surface area contributed by atoms with Crippen LogP contribution in [0.15, 0.2) is 0 Å². The molecule has 0 radical (unpaired) electrons. The molecule has 2 saturated heterocycles. The average molecular weight is 174 g/mol. The molecule has 0 spiro atoms. The van der Waals surface area contributed by atoms with Crippen LogP contribution in [0, 0.1) is 0 Å². The summed E-state index contributed by atoms with van der Waals surface area (Å²) in [4.78, 5) is 0. The van der Waals surface area contributed by atoms with Crippen molar-refractivity contribution in [2.24, 2.45) is 0 Å². The van der Waals surface area contributed by atoms with Crippen LogP contribution in [0.1, 0.15) is 19.3 Å². The zero-order valence-electron chi connectivity index (χ0n) is 6.69. The average Bonchev–Trinajstić information content (AvgIpc) is 2.25. The van der Waals surface area contributed by atoms with E-state index in [0.29, 0.717) is 16.6 Å². The maximum Gasteiger partial charge on any atom is 0.0701 e. The zero-order chi connectivity index (χ0) is 7.84. The number of aliphatic hydroxyl groups excluding tert-OH is 1. The molecule has 0 aromatic rings. The van der Waals surface area contributed by atoms with E-state index in [4.69, 9.17) is 4.74 Å². The van der Waals surface area contributed by atoms with Crippen molar-refractivity contribution < 1.29 is 9.84 Å². The first-order valence-electron chi connectivity index (χ1n) is 4.16. The van der Waals surface area contributed by atoms with Gasteiger partial charge in [-0.3, -0.25) is 0 Å². The molecule has 0 unspecified atom stereocenters. The third kappa shape index (κ3) is 1.42. The fourth-order valence-corrected chi connectivity index (χ4v) is 3.94. The van der Waals surface area contributed by atoms with Crippen LogP contribution in [0.25, 0.3) is 0 Å². The van der Waals surface area contributed by atoms with Gasteiger partial charge in [0.1, 0.15) is 0 Å². The smallest absolute Gasteiger partial charge is 0.0701 e. The van der Waals surface area contributed by atoms with Crippen LogP contribution in [0.2, 0.25) is 0 Å². The summed E-state index contributed by atoms with van der Waals surface area (Å²) in [6.45, 7) is 0. The predicted molar refractivity (Wildman–Crippen MR) is 45.8 cm³/mol. The molecule has 2 bridgehead atoms. The molecule has 0 aromatic heterocycles. The Morgan fingerprint density at radius 1 is 1.36 bits per heavy atom. The van der Waals surface area contributed by atoms with Gasteiger partial charge in [-0.2, -0.15) is 11.8 Å². The molecule has 0 aromatic carbocycles. The van der Waals surface area contributed by atoms with Crippen molar-refractivity contribution in [1.82, 2.24) is 0 Å². The van der Waals surface area contributed by atoms with Crippen LogP contribution >= 0.6 is 11.8 Å². The molecule has 3 heteroatoms. The number of rotatable bonds is 1. The molecule has 2 nitrogen and oxygen atoms in total. The summed E-state index contributed by atoms with van der Waals surface area (Å²) < 4.78 is 5.34. The minimum atomic E-state index is -0.0635. The van der Waals surface area contributed by atoms with E-state index in [1.165, 1.54) is 0 Å². The lowest BCUT2D eigenvalue weighted by atomic mass is 10.1. The summed E-state index contributed by atoms with van der Waals surface area (Å²) in [7, 11) is 1.78. The van der Waals surface area contributed by atoms with Gasteiger partial charge in [-0.15, -0.1) is 0 Å². The Balaban J connectivity index is 2.02. The lowest BCUT2D eigenvalue weighted by Gasteiger charge is -2.24. The molecule has 2 rings (SSSR count). The molecular weight excluding hydrogens is 160 g/mol. The third-order valence-electron chi connectivity index (χ3n) is 2.62. The topological polar surface area (TPSA) is 29.5 Å². The highest BCUT2D eigenvalue weighted by atomic mass is 32.2. The first kappa shape index (κ1) is 7.90. The predicted octanol–water partition coefficient (Wildman–Crippen LogP) is 1.03. The second-order valence-corrected chi connectivity index (χ2v) is 4.98. The lowest BCUT2D eigenvalue weighted by molar-refractivity contribution is 0.0939. The first-order valence-corrected chi connectivity index (χ1v) is 5.10. The summed E-state index contributed by atoms with van der Waals surface area (Å²) in [5.41, 5.74) is 0. The van der Waals surface area contributed by atoms with Crippen LogP contribution in [0.5, 0.6) is 0 Å². The van der Waals surface area contributed by atoms with Crippen molar-refractivity contribution >= 4 is 11.8 Å². The molecule has 11 heavy (non-hydrogen) atoms. The SMILES string of the molecule is CO[C@H]1C[C@@H]2C[C@H](O)C[C@H]1S2. The van der Waals surface area contributed by atoms with Gasteiger partial charge in [0.2, 0.25) is 0 Å². The maximum absolute atomic E-state index is 9.43. The summed E-state index contributed by atoms with van der Waals surface area (Å²) in [6.07, 6.45) is 3.39. The summed E-state index contributed by atoms with van der Waals surface area (Å²) in [6, 6.07) is 0. The minimum absolute atomic E-state index is 0.0635. The number of hydrogen-bond donors (Lipinski definition) is 1. The van der Waals surface area contributed by atoms with Gasteiger partial charge >= 0.3 is 0 Å². The van der Waals surface area contributed by atoms with Gasteiger partial charge in [0.25, 0.3) is 0 Å². The Hall–Kier alpha value is 0.270. The molecule has 1 N–H and O–H groups in total. The molecular formula is C8H14O2S. The quantitative estimate of drug-likeness (QED) is 0.644. The van der Waals surface area contributed by atoms with E-state index in [1.807, 2.05) is 11.8 Å². The summed E-state index contributed by atoms with van der Waals surface area (Å²) in [5.74, 6) is 0. The molecule has 64 valence electrons. The molecule has 2 aliphatic heterocycles. The molecule has 0 saturated carbocycles. The van der Waals surface area contributed by atoms with Crippen LogP contribution in [0.4, 0.5) is 0 Å². The molecule has 4 atom stereocenters. The molecule has 0 aliphatic carbocycles. The van der Waals surface area contributed by atoms with Gasteiger partial charge in [-0.1, -0.05) is 0 Å². The number of methoxy groups -OCH3 is 1. The highest BCUT2D eigenvalue weighted by Crippen LogP contribution is 2.44. The van der Waals surface area contributed by atoms with Gasteiger partial charge in [-0.25, -0.2) is 0 Å². The number of fused-ring (bicyclic) bond motifs is 2. The number of ether oxygens (including phenoxy) is 1. The fraction of sp³-hybridized carbons (Fsp3) is 1.00. The van der Waals surface area contributed by atoms with Gasteiger partial charge in [0.05, 0.1) is 12.2 Å². The highest BCUT2D eigenvalue weighted by Gasteiger charge is 2.41. The first-order chi connectivity index (χ1) is 5.29. The number of hydrogen-bond acceptors (Lipinski definition) is 3. The van der Waals surface area contributed by atoms with Crippen molar-refractivity contribution in [3.63, 3.8) is 0 Å². The van der Waals surface area contributed by atoms with Gasteiger partial charge in [-0.05, 0) is 19.3 Å². The van der Waals surface area contributed by atoms with Crippen molar-refractivity contribution in [3.05, 3.63) is 0 Å². The Labute approximate surface area is 71.3 Å². The van der Waals surface area contributed by atoms with Gasteiger partial charge < -0.3 is 9.84 Å². The van der Waals surface area contributed by atoms with Crippen molar-refractivity contribution in [1.29, 1.82) is 0 Å². The van der Waals surface area contributed by atoms with E-state index in [1.54, 1.807) is 7.11 Å². The molecule has 2 aliphatic rings. The highest BCUT2D eigenvalue weighted by molar-refractivity contribution is 8.00. The maximum atomic E-state index is 9.43. The fourth-order valence-electron chi connectivity index (χ4n) is 2.08. The second-order valence-electron chi connectivity index (χ2n) is 3.43. The molecule has 2 fully saturated rings. The monoisotopic (exact) mass is 174 g/mol. The van der Waals surface area contributed by atoms with Gasteiger partial charge in [0, 0.05) is 17.6 Å². The number of aliphatic hydroxyl groups is 1. The van der Waals surface area contributed by atoms with E-state index >= 15 is 0 Å². The number of thioether (sulfide) groups is 1. The zero-order valence-corrected chi connectivity index (χ0v) is 7.51. The third-order valence-corrected chi connectivity index (χ3v) is 4.23. The molecule has 2 heterocycles. The van der Waals surface area contributed by atoms with E-state index in [9.17, 15) is 5.11 Å². The van der Waals surface area contributed by atoms with Crippen LogP contribution < -0.4 is 0 Å². The van der Waals surface area contributed by atoms with E-state index < -0.39 is 0 Å². The second kappa shape index (κ2) is 2.96. The van der Waals surface area contributed by atoms with Gasteiger partial charge in [0.15, 0.2) is 0 Å². The largest absolute Gasteiger partial charge is 0.393 e. The van der Waals surface area contributed by atoms with Crippen LogP contribution in [0.3, 0.4) is 0 Å². The van der Waals surface area contributed by atoms with E-state index in [0.717, 1.165) is 19.3 Å². The van der Waals surface area contributed by atoms with Crippen molar-refractivity contribution in [3.8, 4) is 0 Å². The molecule has 0 amide bonds. The van der Waals surface area contributed by atoms with Crippen molar-refractivity contribution in [2.45, 2.75) is 42.0 Å². The lowest BCUT2D eigenvalue weighted by Crippen LogP contribution is -2.25. The standard InChI is InChI=1S/C8H14O2S/c1-10-7-4-6-2-5(9)3-8(7)11-6/h5-9H,2-4H2,1H3/t5-,6-,7-,8+/m0/s1. The summed E-state index contributed by atoms with van der Waals surface area (Å²) in [5, 5.41) is 10.7. The Bertz CT molecular complexity index is 151. The minimum Gasteiger partial charge on any atom is -0.393 e. The Morgan fingerprint density at radius 2 is 2.18 bits per heavy atom.